The molecular weight excluding hydrogens is 310 g/mol. The van der Waals surface area contributed by atoms with Crippen LogP contribution in [0.15, 0.2) is 21.4 Å². The van der Waals surface area contributed by atoms with Crippen molar-refractivity contribution in [3.63, 3.8) is 0 Å². The molecule has 0 amide bonds. The molecule has 5 heteroatoms. The number of fused-ring (bicyclic) bond motifs is 2. The van der Waals surface area contributed by atoms with Crippen LogP contribution >= 0.6 is 15.9 Å². The topological polar surface area (TPSA) is 70.2 Å². The van der Waals surface area contributed by atoms with Crippen LogP contribution < -0.4 is 5.43 Å². The first-order chi connectivity index (χ1) is 9.09. The Morgan fingerprint density at radius 3 is 2.74 bits per heavy atom. The van der Waals surface area contributed by atoms with Gasteiger partial charge < -0.3 is 10.1 Å². The Morgan fingerprint density at radius 2 is 2.00 bits per heavy atom. The van der Waals surface area contributed by atoms with Crippen LogP contribution in [0.25, 0.3) is 10.9 Å². The molecule has 0 bridgehead atoms. The van der Waals surface area contributed by atoms with Crippen molar-refractivity contribution in [1.82, 2.24) is 4.98 Å². The Balaban J connectivity index is 2.48. The van der Waals surface area contributed by atoms with Crippen molar-refractivity contribution < 1.29 is 9.90 Å². The predicted octanol–water partition coefficient (Wildman–Crippen LogP) is 2.87. The molecule has 0 aliphatic heterocycles. The standard InChI is InChI=1S/C14H12BrNO3/c15-9-6-5-8(14(18)19)11-12(9)16-10-4-2-1-3-7(10)13(11)17/h5-6H,1-4H2,(H,16,17)(H,18,19). The van der Waals surface area contributed by atoms with Gasteiger partial charge in [-0.1, -0.05) is 0 Å². The molecule has 1 heterocycles. The van der Waals surface area contributed by atoms with Crippen molar-refractivity contribution in [2.24, 2.45) is 0 Å². The van der Waals surface area contributed by atoms with E-state index in [0.29, 0.717) is 5.52 Å². The number of rotatable bonds is 1. The summed E-state index contributed by atoms with van der Waals surface area (Å²) in [5.74, 6) is -1.07. The smallest absolute Gasteiger partial charge is 0.336 e. The number of halogens is 1. The normalized spacial score (nSPS) is 14.4. The van der Waals surface area contributed by atoms with E-state index in [0.717, 1.165) is 41.4 Å². The Morgan fingerprint density at radius 1 is 1.26 bits per heavy atom. The number of carboxylic acids is 1. The van der Waals surface area contributed by atoms with Crippen LogP contribution in [-0.2, 0) is 12.8 Å². The maximum atomic E-state index is 12.5. The lowest BCUT2D eigenvalue weighted by atomic mass is 9.93. The quantitative estimate of drug-likeness (QED) is 0.848. The monoisotopic (exact) mass is 321 g/mol. The summed E-state index contributed by atoms with van der Waals surface area (Å²) in [4.78, 5) is 27.1. The lowest BCUT2D eigenvalue weighted by molar-refractivity contribution is 0.0699. The highest BCUT2D eigenvalue weighted by molar-refractivity contribution is 9.10. The minimum absolute atomic E-state index is 0.0628. The minimum atomic E-state index is -1.07. The molecule has 3 rings (SSSR count). The lowest BCUT2D eigenvalue weighted by Gasteiger charge is -2.17. The van der Waals surface area contributed by atoms with Crippen LogP contribution in [0, 0.1) is 0 Å². The molecule has 1 aromatic heterocycles. The molecule has 0 saturated carbocycles. The summed E-state index contributed by atoms with van der Waals surface area (Å²) in [6.45, 7) is 0. The van der Waals surface area contributed by atoms with Gasteiger partial charge >= 0.3 is 5.97 Å². The van der Waals surface area contributed by atoms with Gasteiger partial charge in [0.15, 0.2) is 5.43 Å². The molecule has 19 heavy (non-hydrogen) atoms. The van der Waals surface area contributed by atoms with E-state index in [4.69, 9.17) is 0 Å². The van der Waals surface area contributed by atoms with Crippen LogP contribution in [0.2, 0.25) is 0 Å². The zero-order chi connectivity index (χ0) is 13.6. The van der Waals surface area contributed by atoms with Crippen LogP contribution in [0.1, 0.15) is 34.5 Å². The summed E-state index contributed by atoms with van der Waals surface area (Å²) in [6.07, 6.45) is 3.62. The number of aromatic amines is 1. The van der Waals surface area contributed by atoms with Crippen LogP contribution in [-0.4, -0.2) is 16.1 Å². The molecule has 0 unspecified atom stereocenters. The van der Waals surface area contributed by atoms with E-state index in [1.54, 1.807) is 6.07 Å². The van der Waals surface area contributed by atoms with E-state index < -0.39 is 5.97 Å². The zero-order valence-electron chi connectivity index (χ0n) is 10.1. The number of hydrogen-bond acceptors (Lipinski definition) is 2. The number of carboxylic acid groups (broad SMARTS) is 1. The van der Waals surface area contributed by atoms with Gasteiger partial charge in [0.25, 0.3) is 0 Å². The number of pyridine rings is 1. The molecule has 4 nitrogen and oxygen atoms in total. The van der Waals surface area contributed by atoms with Crippen molar-refractivity contribution >= 4 is 32.8 Å². The maximum absolute atomic E-state index is 12.5. The number of aromatic nitrogens is 1. The van der Waals surface area contributed by atoms with Gasteiger partial charge in [-0.15, -0.1) is 0 Å². The van der Waals surface area contributed by atoms with Crippen molar-refractivity contribution in [3.05, 3.63) is 43.6 Å². The first kappa shape index (κ1) is 12.4. The van der Waals surface area contributed by atoms with E-state index in [1.165, 1.54) is 6.07 Å². The second-order valence-corrected chi connectivity index (χ2v) is 5.62. The largest absolute Gasteiger partial charge is 0.478 e. The van der Waals surface area contributed by atoms with Crippen LogP contribution in [0.5, 0.6) is 0 Å². The fraction of sp³-hybridized carbons (Fsp3) is 0.286. The highest BCUT2D eigenvalue weighted by Gasteiger charge is 2.20. The number of H-pyrrole nitrogens is 1. The fourth-order valence-corrected chi connectivity index (χ4v) is 3.14. The Bertz CT molecular complexity index is 748. The van der Waals surface area contributed by atoms with Crippen LogP contribution in [0.3, 0.4) is 0 Å². The molecule has 1 aliphatic rings. The highest BCUT2D eigenvalue weighted by Crippen LogP contribution is 2.27. The average molecular weight is 322 g/mol. The maximum Gasteiger partial charge on any atom is 0.336 e. The third-order valence-corrected chi connectivity index (χ3v) is 4.29. The van der Waals surface area contributed by atoms with Crippen molar-refractivity contribution in [2.45, 2.75) is 25.7 Å². The number of aryl methyl sites for hydroxylation is 1. The van der Waals surface area contributed by atoms with Crippen molar-refractivity contribution in [2.75, 3.05) is 0 Å². The molecule has 2 N–H and O–H groups in total. The lowest BCUT2D eigenvalue weighted by Crippen LogP contribution is -2.20. The van der Waals surface area contributed by atoms with E-state index in [9.17, 15) is 14.7 Å². The molecule has 0 fully saturated rings. The van der Waals surface area contributed by atoms with Gasteiger partial charge in [-0.25, -0.2) is 4.79 Å². The Kier molecular flexibility index (Phi) is 2.93. The molecular formula is C14H12BrNO3. The van der Waals surface area contributed by atoms with Crippen LogP contribution in [0.4, 0.5) is 0 Å². The molecule has 1 aromatic carbocycles. The molecule has 98 valence electrons. The molecule has 1 aliphatic carbocycles. The van der Waals surface area contributed by atoms with E-state index in [2.05, 4.69) is 20.9 Å². The second kappa shape index (κ2) is 4.49. The van der Waals surface area contributed by atoms with Gasteiger partial charge in [-0.2, -0.15) is 0 Å². The SMILES string of the molecule is O=C(O)c1ccc(Br)c2[nH]c3c(c(=O)c12)CCCC3. The van der Waals surface area contributed by atoms with E-state index >= 15 is 0 Å². The molecule has 0 saturated heterocycles. The van der Waals surface area contributed by atoms with Crippen molar-refractivity contribution in [3.8, 4) is 0 Å². The zero-order valence-corrected chi connectivity index (χ0v) is 11.7. The van der Waals surface area contributed by atoms with Gasteiger partial charge in [0.05, 0.1) is 16.5 Å². The molecule has 0 spiro atoms. The molecule has 0 atom stereocenters. The minimum Gasteiger partial charge on any atom is -0.478 e. The number of nitrogens with one attached hydrogen (secondary N) is 1. The predicted molar refractivity (Wildman–Crippen MR) is 75.9 cm³/mol. The summed E-state index contributed by atoms with van der Waals surface area (Å²) in [5.41, 5.74) is 2.21. The summed E-state index contributed by atoms with van der Waals surface area (Å²) in [7, 11) is 0. The number of carbonyl (C=O) groups is 1. The highest BCUT2D eigenvalue weighted by atomic mass is 79.9. The summed E-state index contributed by atoms with van der Waals surface area (Å²) >= 11 is 3.38. The third-order valence-electron chi connectivity index (χ3n) is 3.63. The Labute approximate surface area is 117 Å². The summed E-state index contributed by atoms with van der Waals surface area (Å²) < 4.78 is 0.720. The second-order valence-electron chi connectivity index (χ2n) is 4.77. The Hall–Kier alpha value is -1.62. The number of aromatic carboxylic acids is 1. The van der Waals surface area contributed by atoms with Gasteiger partial charge in [-0.05, 0) is 53.7 Å². The fourth-order valence-electron chi connectivity index (χ4n) is 2.71. The van der Waals surface area contributed by atoms with E-state index in [1.807, 2.05) is 0 Å². The number of benzene rings is 1. The number of hydrogen-bond donors (Lipinski definition) is 2. The van der Waals surface area contributed by atoms with Gasteiger partial charge in [0.1, 0.15) is 0 Å². The molecule has 0 radical (unpaired) electrons. The van der Waals surface area contributed by atoms with Gasteiger partial charge in [0, 0.05) is 15.7 Å². The molecule has 2 aromatic rings. The van der Waals surface area contributed by atoms with Crippen molar-refractivity contribution in [1.29, 1.82) is 0 Å². The third kappa shape index (κ3) is 1.89. The van der Waals surface area contributed by atoms with E-state index in [-0.39, 0.29) is 16.4 Å². The first-order valence-corrected chi connectivity index (χ1v) is 6.98. The first-order valence-electron chi connectivity index (χ1n) is 6.19. The van der Waals surface area contributed by atoms with Gasteiger partial charge in [-0.3, -0.25) is 4.79 Å². The summed E-state index contributed by atoms with van der Waals surface area (Å²) in [5, 5.41) is 9.51. The van der Waals surface area contributed by atoms with Gasteiger partial charge in [0.2, 0.25) is 0 Å². The summed E-state index contributed by atoms with van der Waals surface area (Å²) in [6, 6.07) is 3.14. The average Bonchev–Trinajstić information content (AvgIpc) is 2.40.